The molecule has 0 aliphatic heterocycles. The molecule has 4 N–H and O–H groups in total. The maximum absolute atomic E-state index is 12.4. The first kappa shape index (κ1) is 53.3. The summed E-state index contributed by atoms with van der Waals surface area (Å²) in [6, 6.07) is -0.760. The largest absolute Gasteiger partial charge is 0.394 e. The van der Waals surface area contributed by atoms with Crippen molar-refractivity contribution in [2.75, 3.05) is 6.61 Å². The molecule has 0 aromatic heterocycles. The zero-order chi connectivity index (χ0) is 40.1. The Kier molecular flexibility index (Phi) is 43.6. The van der Waals surface area contributed by atoms with Gasteiger partial charge in [-0.3, -0.25) is 4.79 Å². The molecule has 0 spiro atoms. The minimum absolute atomic E-state index is 0.00454. The monoisotopic (exact) mass is 772 g/mol. The smallest absolute Gasteiger partial charge is 0.222 e. The molecular weight excluding hydrogens is 679 g/mol. The summed E-state index contributed by atoms with van der Waals surface area (Å²) in [5, 5.41) is 33.1. The van der Waals surface area contributed by atoms with E-state index in [0.29, 0.717) is 6.42 Å². The highest BCUT2D eigenvalue weighted by Crippen LogP contribution is 2.15. The molecule has 55 heavy (non-hydrogen) atoms. The van der Waals surface area contributed by atoms with E-state index in [1.54, 1.807) is 6.08 Å². The fraction of sp³-hybridized carbons (Fsp3) is 0.820. The highest BCUT2D eigenvalue weighted by atomic mass is 16.3. The third-order valence-corrected chi connectivity index (χ3v) is 10.8. The molecule has 0 bridgehead atoms. The van der Waals surface area contributed by atoms with Crippen molar-refractivity contribution >= 4 is 5.91 Å². The Balaban J connectivity index is 3.57. The Morgan fingerprint density at radius 3 is 1.27 bits per heavy atom. The first-order valence-electron chi connectivity index (χ1n) is 23.9. The lowest BCUT2D eigenvalue weighted by atomic mass is 10.0. The SMILES string of the molecule is CCCCCCC/C=C/CC/C=C/C(O)C(CO)NC(=O)CC(O)CCCCCCCCCCCCCCC/C=C\C/C=C\CCCCCCCCCCC. The number of nitrogens with one attached hydrogen (secondary N) is 1. The number of carbonyl (C=O) groups is 1. The van der Waals surface area contributed by atoms with Gasteiger partial charge < -0.3 is 20.6 Å². The number of hydrogen-bond donors (Lipinski definition) is 4. The lowest BCUT2D eigenvalue weighted by Gasteiger charge is -2.21. The van der Waals surface area contributed by atoms with Crippen molar-refractivity contribution in [3.8, 4) is 0 Å². The van der Waals surface area contributed by atoms with Gasteiger partial charge in [0.2, 0.25) is 5.91 Å². The van der Waals surface area contributed by atoms with Crippen molar-refractivity contribution in [3.63, 3.8) is 0 Å². The van der Waals surface area contributed by atoms with Gasteiger partial charge in [-0.05, 0) is 64.2 Å². The van der Waals surface area contributed by atoms with E-state index in [9.17, 15) is 20.1 Å². The highest BCUT2D eigenvalue weighted by molar-refractivity contribution is 5.76. The molecular formula is C50H93NO4. The van der Waals surface area contributed by atoms with E-state index in [4.69, 9.17) is 0 Å². The Morgan fingerprint density at radius 2 is 0.836 bits per heavy atom. The van der Waals surface area contributed by atoms with E-state index in [1.807, 2.05) is 6.08 Å². The minimum atomic E-state index is -0.951. The number of aliphatic hydroxyl groups is 3. The van der Waals surface area contributed by atoms with Gasteiger partial charge in [0.15, 0.2) is 0 Å². The van der Waals surface area contributed by atoms with E-state index in [0.717, 1.165) is 38.5 Å². The lowest BCUT2D eigenvalue weighted by molar-refractivity contribution is -0.124. The predicted octanol–water partition coefficient (Wildman–Crippen LogP) is 14.1. The minimum Gasteiger partial charge on any atom is -0.394 e. The molecule has 0 aliphatic rings. The number of amides is 1. The van der Waals surface area contributed by atoms with Crippen LogP contribution < -0.4 is 5.32 Å². The standard InChI is InChI=1S/C50H93NO4/c1-3-5-7-9-11-13-15-16-17-18-19-20-21-22-23-24-25-26-27-28-29-30-31-32-34-35-37-39-41-43-47(53)45-50(55)51-48(46-52)49(54)44-42-40-38-36-33-14-12-10-8-6-4-2/h19-20,22-23,33,36,42,44,47-49,52-54H,3-18,21,24-32,34-35,37-41,43,45-46H2,1-2H3,(H,51,55)/b20-19-,23-22-,36-33+,44-42+. The number of allylic oxidation sites excluding steroid dienone is 7. The number of rotatable bonds is 43. The summed E-state index contributed by atoms with van der Waals surface area (Å²) in [5.74, 6) is -0.328. The summed E-state index contributed by atoms with van der Waals surface area (Å²) < 4.78 is 0. The molecule has 3 unspecified atom stereocenters. The van der Waals surface area contributed by atoms with Gasteiger partial charge in [-0.15, -0.1) is 0 Å². The summed E-state index contributed by atoms with van der Waals surface area (Å²) in [6.45, 7) is 4.17. The van der Waals surface area contributed by atoms with E-state index in [1.165, 1.54) is 173 Å². The van der Waals surface area contributed by atoms with Crippen LogP contribution >= 0.6 is 0 Å². The van der Waals surface area contributed by atoms with Gasteiger partial charge in [0.05, 0.1) is 31.3 Å². The van der Waals surface area contributed by atoms with E-state index >= 15 is 0 Å². The van der Waals surface area contributed by atoms with Crippen molar-refractivity contribution < 1.29 is 20.1 Å². The number of unbranched alkanes of at least 4 members (excludes halogenated alkanes) is 28. The van der Waals surface area contributed by atoms with Gasteiger partial charge in [-0.1, -0.05) is 217 Å². The van der Waals surface area contributed by atoms with Crippen LogP contribution in [0.2, 0.25) is 0 Å². The molecule has 0 rings (SSSR count). The second-order valence-corrected chi connectivity index (χ2v) is 16.4. The van der Waals surface area contributed by atoms with Gasteiger partial charge in [0.1, 0.15) is 0 Å². The molecule has 0 saturated carbocycles. The van der Waals surface area contributed by atoms with Crippen LogP contribution in [0.4, 0.5) is 0 Å². The van der Waals surface area contributed by atoms with Crippen molar-refractivity contribution in [2.24, 2.45) is 0 Å². The zero-order valence-corrected chi connectivity index (χ0v) is 36.6. The van der Waals surface area contributed by atoms with Crippen LogP contribution in [0.3, 0.4) is 0 Å². The van der Waals surface area contributed by atoms with E-state index in [2.05, 4.69) is 55.6 Å². The van der Waals surface area contributed by atoms with Crippen LogP contribution in [0.5, 0.6) is 0 Å². The third kappa shape index (κ3) is 41.8. The molecule has 5 nitrogen and oxygen atoms in total. The molecule has 0 aliphatic carbocycles. The Bertz CT molecular complexity index is 896. The Labute approximate surface area is 342 Å². The van der Waals surface area contributed by atoms with Crippen molar-refractivity contribution in [1.82, 2.24) is 5.32 Å². The predicted molar refractivity (Wildman–Crippen MR) is 241 cm³/mol. The van der Waals surface area contributed by atoms with E-state index < -0.39 is 18.2 Å². The first-order valence-corrected chi connectivity index (χ1v) is 23.9. The molecule has 1 amide bonds. The normalized spacial score (nSPS) is 13.9. The Morgan fingerprint density at radius 1 is 0.473 bits per heavy atom. The third-order valence-electron chi connectivity index (χ3n) is 10.8. The highest BCUT2D eigenvalue weighted by Gasteiger charge is 2.20. The van der Waals surface area contributed by atoms with Crippen LogP contribution in [0, 0.1) is 0 Å². The molecule has 0 aromatic rings. The van der Waals surface area contributed by atoms with Gasteiger partial charge in [-0.25, -0.2) is 0 Å². The summed E-state index contributed by atoms with van der Waals surface area (Å²) >= 11 is 0. The lowest BCUT2D eigenvalue weighted by Crippen LogP contribution is -2.45. The van der Waals surface area contributed by atoms with Crippen LogP contribution in [0.1, 0.15) is 239 Å². The summed E-state index contributed by atoms with van der Waals surface area (Å²) in [6.07, 6.45) is 58.5. The van der Waals surface area contributed by atoms with Gasteiger partial charge in [0, 0.05) is 0 Å². The fourth-order valence-corrected chi connectivity index (χ4v) is 7.15. The molecule has 0 heterocycles. The molecule has 0 radical (unpaired) electrons. The van der Waals surface area contributed by atoms with Crippen molar-refractivity contribution in [3.05, 3.63) is 48.6 Å². The molecule has 0 fully saturated rings. The fourth-order valence-electron chi connectivity index (χ4n) is 7.15. The molecule has 0 aromatic carbocycles. The molecule has 0 saturated heterocycles. The number of aliphatic hydroxyl groups excluding tert-OH is 3. The Hall–Kier alpha value is -1.69. The van der Waals surface area contributed by atoms with Crippen LogP contribution in [0.25, 0.3) is 0 Å². The van der Waals surface area contributed by atoms with Crippen molar-refractivity contribution in [1.29, 1.82) is 0 Å². The zero-order valence-electron chi connectivity index (χ0n) is 36.6. The molecule has 3 atom stereocenters. The van der Waals surface area contributed by atoms with Crippen LogP contribution in [-0.2, 0) is 4.79 Å². The summed E-state index contributed by atoms with van der Waals surface area (Å²) in [4.78, 5) is 12.4. The molecule has 5 heteroatoms. The number of hydrogen-bond acceptors (Lipinski definition) is 4. The van der Waals surface area contributed by atoms with Gasteiger partial charge in [-0.2, -0.15) is 0 Å². The quantitative estimate of drug-likeness (QED) is 0.0367. The van der Waals surface area contributed by atoms with Gasteiger partial charge >= 0.3 is 0 Å². The van der Waals surface area contributed by atoms with Crippen molar-refractivity contribution in [2.45, 2.75) is 257 Å². The topological polar surface area (TPSA) is 89.8 Å². The average molecular weight is 772 g/mol. The van der Waals surface area contributed by atoms with E-state index in [-0.39, 0.29) is 18.9 Å². The average Bonchev–Trinajstić information content (AvgIpc) is 3.18. The maximum Gasteiger partial charge on any atom is 0.222 e. The first-order chi connectivity index (χ1) is 27.0. The maximum atomic E-state index is 12.4. The van der Waals surface area contributed by atoms with Crippen LogP contribution in [-0.4, -0.2) is 46.1 Å². The molecule has 322 valence electrons. The summed E-state index contributed by atoms with van der Waals surface area (Å²) in [5.41, 5.74) is 0. The van der Waals surface area contributed by atoms with Crippen LogP contribution in [0.15, 0.2) is 48.6 Å². The summed E-state index contributed by atoms with van der Waals surface area (Å²) in [7, 11) is 0. The second kappa shape index (κ2) is 45.0. The number of carbonyl (C=O) groups excluding carboxylic acids is 1. The second-order valence-electron chi connectivity index (χ2n) is 16.4. The van der Waals surface area contributed by atoms with Gasteiger partial charge in [0.25, 0.3) is 0 Å².